The number of benzene rings is 1. The van der Waals surface area contributed by atoms with Gasteiger partial charge in [-0.2, -0.15) is 0 Å². The first-order valence-electron chi connectivity index (χ1n) is 6.42. The summed E-state index contributed by atoms with van der Waals surface area (Å²) in [6.07, 6.45) is 1.75. The Labute approximate surface area is 126 Å². The van der Waals surface area contributed by atoms with Crippen LogP contribution in [0, 0.1) is 0 Å². The van der Waals surface area contributed by atoms with Crippen molar-refractivity contribution in [3.63, 3.8) is 0 Å². The summed E-state index contributed by atoms with van der Waals surface area (Å²) in [5, 5.41) is 1.34. The largest absolute Gasteiger partial charge is 0.302 e. The van der Waals surface area contributed by atoms with Crippen molar-refractivity contribution in [2.24, 2.45) is 5.84 Å². The molecule has 2 atom stereocenters. The first-order chi connectivity index (χ1) is 8.85. The lowest BCUT2D eigenvalue weighted by Crippen LogP contribution is -2.59. The summed E-state index contributed by atoms with van der Waals surface area (Å²) >= 11 is 12.2. The predicted octanol–water partition coefficient (Wildman–Crippen LogP) is 3.10. The van der Waals surface area contributed by atoms with E-state index in [-0.39, 0.29) is 11.6 Å². The van der Waals surface area contributed by atoms with Crippen molar-refractivity contribution in [3.8, 4) is 0 Å². The first kappa shape index (κ1) is 16.7. The number of nitrogens with one attached hydrogen (secondary N) is 1. The van der Waals surface area contributed by atoms with Crippen LogP contribution >= 0.6 is 23.2 Å². The summed E-state index contributed by atoms with van der Waals surface area (Å²) in [6, 6.07) is 5.69. The van der Waals surface area contributed by atoms with Crippen LogP contribution in [0.1, 0.15) is 25.8 Å². The highest BCUT2D eigenvalue weighted by molar-refractivity contribution is 6.35. The predicted molar refractivity (Wildman–Crippen MR) is 83.7 cm³/mol. The number of halogens is 2. The third-order valence-corrected chi connectivity index (χ3v) is 4.72. The Balaban J connectivity index is 2.99. The zero-order valence-electron chi connectivity index (χ0n) is 12.0. The number of rotatable bonds is 6. The zero-order valence-corrected chi connectivity index (χ0v) is 13.5. The maximum Gasteiger partial charge on any atom is 0.0453 e. The highest BCUT2D eigenvalue weighted by atomic mass is 35.5. The summed E-state index contributed by atoms with van der Waals surface area (Å²) in [6.45, 7) is 4.36. The van der Waals surface area contributed by atoms with Gasteiger partial charge in [-0.1, -0.05) is 36.2 Å². The average Bonchev–Trinajstić information content (AvgIpc) is 2.36. The van der Waals surface area contributed by atoms with Gasteiger partial charge in [-0.05, 0) is 51.6 Å². The van der Waals surface area contributed by atoms with Crippen LogP contribution in [0.15, 0.2) is 18.2 Å². The minimum absolute atomic E-state index is 0.0439. The highest BCUT2D eigenvalue weighted by Gasteiger charge is 2.34. The van der Waals surface area contributed by atoms with Gasteiger partial charge in [0.05, 0.1) is 0 Å². The normalized spacial score (nSPS) is 16.4. The van der Waals surface area contributed by atoms with E-state index in [0.29, 0.717) is 10.0 Å². The molecule has 1 aromatic rings. The van der Waals surface area contributed by atoms with E-state index in [1.807, 2.05) is 12.1 Å². The summed E-state index contributed by atoms with van der Waals surface area (Å²) in [4.78, 5) is 2.20. The monoisotopic (exact) mass is 303 g/mol. The summed E-state index contributed by atoms with van der Waals surface area (Å²) in [5.74, 6) is 5.75. The third-order valence-electron chi connectivity index (χ3n) is 4.13. The highest BCUT2D eigenvalue weighted by Crippen LogP contribution is 2.27. The second kappa shape index (κ2) is 6.91. The van der Waals surface area contributed by atoms with E-state index in [1.54, 1.807) is 6.07 Å². The van der Waals surface area contributed by atoms with Gasteiger partial charge in [-0.3, -0.25) is 11.3 Å². The van der Waals surface area contributed by atoms with Gasteiger partial charge >= 0.3 is 0 Å². The molecule has 0 saturated heterocycles. The molecule has 0 aliphatic heterocycles. The lowest BCUT2D eigenvalue weighted by atomic mass is 9.84. The Bertz CT molecular complexity index is 423. The minimum Gasteiger partial charge on any atom is -0.302 e. The van der Waals surface area contributed by atoms with Crippen molar-refractivity contribution in [1.82, 2.24) is 10.3 Å². The molecule has 19 heavy (non-hydrogen) atoms. The molecule has 0 amide bonds. The third kappa shape index (κ3) is 3.83. The van der Waals surface area contributed by atoms with E-state index in [0.717, 1.165) is 18.4 Å². The van der Waals surface area contributed by atoms with Crippen molar-refractivity contribution in [3.05, 3.63) is 33.8 Å². The van der Waals surface area contributed by atoms with E-state index < -0.39 is 0 Å². The molecule has 0 radical (unpaired) electrons. The smallest absolute Gasteiger partial charge is 0.0453 e. The van der Waals surface area contributed by atoms with E-state index in [2.05, 4.69) is 38.3 Å². The fraction of sp³-hybridized carbons (Fsp3) is 0.571. The van der Waals surface area contributed by atoms with Crippen LogP contribution < -0.4 is 11.3 Å². The topological polar surface area (TPSA) is 41.3 Å². The van der Waals surface area contributed by atoms with E-state index in [1.165, 1.54) is 0 Å². The molecule has 0 spiro atoms. The van der Waals surface area contributed by atoms with Gasteiger partial charge in [0.25, 0.3) is 0 Å². The summed E-state index contributed by atoms with van der Waals surface area (Å²) in [5.41, 5.74) is 3.94. The molecule has 5 heteroatoms. The maximum atomic E-state index is 6.24. The van der Waals surface area contributed by atoms with Crippen LogP contribution in [0.3, 0.4) is 0 Å². The Morgan fingerprint density at radius 3 is 2.42 bits per heavy atom. The maximum absolute atomic E-state index is 6.24. The quantitative estimate of drug-likeness (QED) is 0.627. The number of nitrogens with two attached hydrogens (primary N) is 1. The number of hydrogen-bond acceptors (Lipinski definition) is 3. The second-order valence-electron chi connectivity index (χ2n) is 5.26. The van der Waals surface area contributed by atoms with Crippen LogP contribution in [-0.4, -0.2) is 30.6 Å². The minimum atomic E-state index is -0.0439. The second-order valence-corrected chi connectivity index (χ2v) is 6.11. The molecule has 0 aliphatic rings. The van der Waals surface area contributed by atoms with Crippen molar-refractivity contribution in [2.45, 2.75) is 38.3 Å². The van der Waals surface area contributed by atoms with E-state index >= 15 is 0 Å². The zero-order chi connectivity index (χ0) is 14.6. The van der Waals surface area contributed by atoms with Crippen LogP contribution in [0.5, 0.6) is 0 Å². The number of hydrazine groups is 1. The van der Waals surface area contributed by atoms with Gasteiger partial charge in [-0.25, -0.2) is 0 Å². The summed E-state index contributed by atoms with van der Waals surface area (Å²) < 4.78 is 0. The molecule has 3 nitrogen and oxygen atoms in total. The number of likely N-dealkylation sites (N-methyl/N-ethyl adjacent to an activating group) is 1. The van der Waals surface area contributed by atoms with E-state index in [9.17, 15) is 0 Å². The molecule has 0 saturated carbocycles. The fourth-order valence-electron chi connectivity index (χ4n) is 2.24. The van der Waals surface area contributed by atoms with Crippen LogP contribution in [0.2, 0.25) is 10.0 Å². The van der Waals surface area contributed by atoms with Gasteiger partial charge in [0.1, 0.15) is 0 Å². The lowest BCUT2D eigenvalue weighted by Gasteiger charge is -2.42. The molecule has 0 bridgehead atoms. The van der Waals surface area contributed by atoms with Crippen molar-refractivity contribution >= 4 is 23.2 Å². The van der Waals surface area contributed by atoms with Crippen LogP contribution in [0.25, 0.3) is 0 Å². The van der Waals surface area contributed by atoms with Gasteiger partial charge in [0.2, 0.25) is 0 Å². The van der Waals surface area contributed by atoms with Gasteiger partial charge in [0.15, 0.2) is 0 Å². The molecule has 108 valence electrons. The molecular weight excluding hydrogens is 281 g/mol. The van der Waals surface area contributed by atoms with Gasteiger partial charge in [-0.15, -0.1) is 0 Å². The molecule has 0 aromatic heterocycles. The van der Waals surface area contributed by atoms with E-state index in [4.69, 9.17) is 29.0 Å². The molecule has 0 aliphatic carbocycles. The summed E-state index contributed by atoms with van der Waals surface area (Å²) in [7, 11) is 4.13. The molecule has 1 aromatic carbocycles. The Morgan fingerprint density at radius 2 is 2.00 bits per heavy atom. The van der Waals surface area contributed by atoms with Crippen LogP contribution in [-0.2, 0) is 6.42 Å². The van der Waals surface area contributed by atoms with Crippen molar-refractivity contribution in [2.75, 3.05) is 14.1 Å². The van der Waals surface area contributed by atoms with Crippen molar-refractivity contribution in [1.29, 1.82) is 0 Å². The lowest BCUT2D eigenvalue weighted by molar-refractivity contribution is 0.112. The molecule has 0 heterocycles. The Kier molecular flexibility index (Phi) is 6.09. The first-order valence-corrected chi connectivity index (χ1v) is 7.18. The molecule has 1 rings (SSSR count). The molecule has 2 unspecified atom stereocenters. The van der Waals surface area contributed by atoms with Crippen LogP contribution in [0.4, 0.5) is 0 Å². The SMILES string of the molecule is CCC(C)(C(Cc1ccc(Cl)cc1Cl)NN)N(C)C. The number of nitrogens with zero attached hydrogens (tertiary/aromatic N) is 1. The van der Waals surface area contributed by atoms with Gasteiger partial charge < -0.3 is 4.90 Å². The molecule has 3 N–H and O–H groups in total. The Morgan fingerprint density at radius 1 is 1.37 bits per heavy atom. The molecular formula is C14H23Cl2N3. The number of hydrogen-bond donors (Lipinski definition) is 2. The molecule has 0 fully saturated rings. The standard InChI is InChI=1S/C14H23Cl2N3/c1-5-14(2,19(3)4)13(18-17)8-10-6-7-11(15)9-12(10)16/h6-7,9,13,18H,5,8,17H2,1-4H3. The van der Waals surface area contributed by atoms with Gasteiger partial charge in [0, 0.05) is 21.6 Å². The Hall–Kier alpha value is -0.320. The average molecular weight is 304 g/mol. The van der Waals surface area contributed by atoms with Crippen molar-refractivity contribution < 1.29 is 0 Å². The fourth-order valence-corrected chi connectivity index (χ4v) is 2.73.